The molecule has 1 amide bonds. The Labute approximate surface area is 123 Å². The number of aliphatic hydroxyl groups is 1. The molecule has 1 aliphatic rings. The summed E-state index contributed by atoms with van der Waals surface area (Å²) < 4.78 is 3.91. The maximum absolute atomic E-state index is 12.5. The van der Waals surface area contributed by atoms with E-state index in [-0.39, 0.29) is 12.0 Å². The molecule has 0 spiro atoms. The van der Waals surface area contributed by atoms with Gasteiger partial charge in [0.1, 0.15) is 4.88 Å². The lowest BCUT2D eigenvalue weighted by molar-refractivity contribution is 0.0557. The molecule has 1 fully saturated rings. The summed E-state index contributed by atoms with van der Waals surface area (Å²) in [6.07, 6.45) is 1.45. The van der Waals surface area contributed by atoms with E-state index in [1.54, 1.807) is 6.92 Å². The van der Waals surface area contributed by atoms with Gasteiger partial charge in [0.25, 0.3) is 5.91 Å². The summed E-state index contributed by atoms with van der Waals surface area (Å²) in [5.74, 6) is 0.0557. The molecule has 6 nitrogen and oxygen atoms in total. The first-order chi connectivity index (χ1) is 9.61. The van der Waals surface area contributed by atoms with E-state index in [0.717, 1.165) is 31.6 Å². The van der Waals surface area contributed by atoms with Crippen molar-refractivity contribution in [1.82, 2.24) is 19.4 Å². The first-order valence-corrected chi connectivity index (χ1v) is 7.90. The van der Waals surface area contributed by atoms with Crippen LogP contribution < -0.4 is 0 Å². The first kappa shape index (κ1) is 15.3. The molecule has 0 aliphatic carbocycles. The van der Waals surface area contributed by atoms with E-state index in [2.05, 4.69) is 21.4 Å². The number of nitrogens with zero attached hydrogens (tertiary/aromatic N) is 4. The van der Waals surface area contributed by atoms with Crippen LogP contribution in [0.25, 0.3) is 0 Å². The molecule has 0 unspecified atom stereocenters. The van der Waals surface area contributed by atoms with Gasteiger partial charge in [0.15, 0.2) is 0 Å². The van der Waals surface area contributed by atoms with E-state index in [0.29, 0.717) is 24.5 Å². The molecule has 20 heavy (non-hydrogen) atoms. The summed E-state index contributed by atoms with van der Waals surface area (Å²) in [5, 5.41) is 13.4. The van der Waals surface area contributed by atoms with Crippen molar-refractivity contribution in [3.8, 4) is 0 Å². The molecule has 0 saturated carbocycles. The van der Waals surface area contributed by atoms with Crippen molar-refractivity contribution < 1.29 is 9.90 Å². The van der Waals surface area contributed by atoms with Gasteiger partial charge in [0.05, 0.1) is 11.8 Å². The van der Waals surface area contributed by atoms with E-state index in [9.17, 15) is 9.90 Å². The molecule has 0 aromatic carbocycles. The Hall–Kier alpha value is -1.05. The fourth-order valence-corrected chi connectivity index (χ4v) is 3.10. The standard InChI is InChI=1S/C13H22N4O2S/c1-3-4-11-12(20-15-14-11)13(19)17-7-5-16(6-8-17)9-10(2)18/h10,18H,3-9H2,1-2H3/t10-/m1/s1. The van der Waals surface area contributed by atoms with E-state index in [1.165, 1.54) is 11.5 Å². The number of aliphatic hydroxyl groups excluding tert-OH is 1. The molecule has 1 atom stereocenters. The van der Waals surface area contributed by atoms with Crippen LogP contribution >= 0.6 is 11.5 Å². The minimum Gasteiger partial charge on any atom is -0.392 e. The second-order valence-electron chi connectivity index (χ2n) is 5.24. The van der Waals surface area contributed by atoms with E-state index >= 15 is 0 Å². The van der Waals surface area contributed by atoms with E-state index in [1.807, 2.05) is 4.90 Å². The highest BCUT2D eigenvalue weighted by molar-refractivity contribution is 7.08. The third-order valence-corrected chi connectivity index (χ3v) is 4.17. The Morgan fingerprint density at radius 2 is 2.10 bits per heavy atom. The predicted octanol–water partition coefficient (Wildman–Crippen LogP) is 0.629. The van der Waals surface area contributed by atoms with Gasteiger partial charge in [-0.3, -0.25) is 9.69 Å². The minimum atomic E-state index is -0.320. The van der Waals surface area contributed by atoms with Crippen molar-refractivity contribution in [3.05, 3.63) is 10.6 Å². The van der Waals surface area contributed by atoms with Crippen LogP contribution in [0.5, 0.6) is 0 Å². The molecular formula is C13H22N4O2S. The smallest absolute Gasteiger partial charge is 0.267 e. The lowest BCUT2D eigenvalue weighted by atomic mass is 10.2. The number of piperazine rings is 1. The van der Waals surface area contributed by atoms with Gasteiger partial charge in [0, 0.05) is 32.7 Å². The summed E-state index contributed by atoms with van der Waals surface area (Å²) in [6, 6.07) is 0. The van der Waals surface area contributed by atoms with Gasteiger partial charge in [-0.25, -0.2) is 0 Å². The average molecular weight is 298 g/mol. The number of carbonyl (C=O) groups is 1. The molecule has 2 heterocycles. The lowest BCUT2D eigenvalue weighted by Gasteiger charge is -2.35. The van der Waals surface area contributed by atoms with Crippen molar-refractivity contribution in [3.63, 3.8) is 0 Å². The molecule has 1 N–H and O–H groups in total. The van der Waals surface area contributed by atoms with Gasteiger partial charge >= 0.3 is 0 Å². The zero-order valence-electron chi connectivity index (χ0n) is 12.1. The van der Waals surface area contributed by atoms with Crippen molar-refractivity contribution >= 4 is 17.4 Å². The van der Waals surface area contributed by atoms with Crippen LogP contribution in [0.15, 0.2) is 0 Å². The number of carbonyl (C=O) groups excluding carboxylic acids is 1. The Morgan fingerprint density at radius 3 is 2.70 bits per heavy atom. The van der Waals surface area contributed by atoms with Gasteiger partial charge in [-0.05, 0) is 24.9 Å². The lowest BCUT2D eigenvalue weighted by Crippen LogP contribution is -2.50. The second kappa shape index (κ2) is 7.10. The van der Waals surface area contributed by atoms with Crippen LogP contribution in [0, 0.1) is 0 Å². The van der Waals surface area contributed by atoms with Crippen molar-refractivity contribution in [2.24, 2.45) is 0 Å². The molecule has 1 aromatic rings. The number of rotatable bonds is 5. The SMILES string of the molecule is CCCc1nnsc1C(=O)N1CCN(C[C@@H](C)O)CC1. The largest absolute Gasteiger partial charge is 0.392 e. The number of β-amino-alcohol motifs (C(OH)–C–C–N with tert-alkyl or cyclic N) is 1. The Balaban J connectivity index is 1.93. The summed E-state index contributed by atoms with van der Waals surface area (Å²) >= 11 is 1.20. The Kier molecular flexibility index (Phi) is 5.45. The van der Waals surface area contributed by atoms with Crippen molar-refractivity contribution in [2.75, 3.05) is 32.7 Å². The van der Waals surface area contributed by atoms with E-state index < -0.39 is 0 Å². The van der Waals surface area contributed by atoms with Crippen LogP contribution in [-0.2, 0) is 6.42 Å². The molecule has 2 rings (SSSR count). The monoisotopic (exact) mass is 298 g/mol. The molecule has 0 bridgehead atoms. The molecule has 1 saturated heterocycles. The highest BCUT2D eigenvalue weighted by atomic mass is 32.1. The molecule has 0 radical (unpaired) electrons. The number of aryl methyl sites for hydroxylation is 1. The summed E-state index contributed by atoms with van der Waals surface area (Å²) in [5.41, 5.74) is 0.828. The summed E-state index contributed by atoms with van der Waals surface area (Å²) in [6.45, 7) is 7.56. The molecule has 1 aromatic heterocycles. The number of amides is 1. The van der Waals surface area contributed by atoms with Gasteiger partial charge in [-0.1, -0.05) is 17.8 Å². The third kappa shape index (κ3) is 3.74. The number of aromatic nitrogens is 2. The maximum Gasteiger partial charge on any atom is 0.267 e. The second-order valence-corrected chi connectivity index (χ2v) is 5.99. The maximum atomic E-state index is 12.5. The normalized spacial score (nSPS) is 18.2. The molecule has 112 valence electrons. The molecule has 7 heteroatoms. The van der Waals surface area contributed by atoms with Crippen LogP contribution in [0.3, 0.4) is 0 Å². The number of hydrogen-bond donors (Lipinski definition) is 1. The van der Waals surface area contributed by atoms with Crippen molar-refractivity contribution in [1.29, 1.82) is 0 Å². The van der Waals surface area contributed by atoms with E-state index in [4.69, 9.17) is 0 Å². The Morgan fingerprint density at radius 1 is 1.40 bits per heavy atom. The zero-order valence-corrected chi connectivity index (χ0v) is 12.9. The minimum absolute atomic E-state index is 0.0557. The molecule has 1 aliphatic heterocycles. The first-order valence-electron chi connectivity index (χ1n) is 7.12. The van der Waals surface area contributed by atoms with Gasteiger partial charge in [-0.2, -0.15) is 0 Å². The number of hydrogen-bond acceptors (Lipinski definition) is 6. The van der Waals surface area contributed by atoms with Crippen LogP contribution in [0.2, 0.25) is 0 Å². The zero-order chi connectivity index (χ0) is 14.5. The highest BCUT2D eigenvalue weighted by Crippen LogP contribution is 2.16. The van der Waals surface area contributed by atoms with Gasteiger partial charge in [0.2, 0.25) is 0 Å². The average Bonchev–Trinajstić information content (AvgIpc) is 2.87. The Bertz CT molecular complexity index is 441. The van der Waals surface area contributed by atoms with Crippen LogP contribution in [-0.4, -0.2) is 69.2 Å². The topological polar surface area (TPSA) is 69.6 Å². The van der Waals surface area contributed by atoms with Gasteiger partial charge < -0.3 is 10.0 Å². The van der Waals surface area contributed by atoms with Crippen molar-refractivity contribution in [2.45, 2.75) is 32.8 Å². The fraction of sp³-hybridized carbons (Fsp3) is 0.769. The summed E-state index contributed by atoms with van der Waals surface area (Å²) in [7, 11) is 0. The molecular weight excluding hydrogens is 276 g/mol. The fourth-order valence-electron chi connectivity index (χ4n) is 2.42. The van der Waals surface area contributed by atoms with Gasteiger partial charge in [-0.15, -0.1) is 5.10 Å². The van der Waals surface area contributed by atoms with Crippen LogP contribution in [0.4, 0.5) is 0 Å². The highest BCUT2D eigenvalue weighted by Gasteiger charge is 2.26. The quantitative estimate of drug-likeness (QED) is 0.863. The summed E-state index contributed by atoms with van der Waals surface area (Å²) in [4.78, 5) is 17.2. The van der Waals surface area contributed by atoms with Crippen LogP contribution in [0.1, 0.15) is 35.6 Å². The third-order valence-electron chi connectivity index (χ3n) is 3.42. The predicted molar refractivity (Wildman–Crippen MR) is 77.9 cm³/mol.